The van der Waals surface area contributed by atoms with Crippen molar-refractivity contribution in [2.75, 3.05) is 11.9 Å². The number of rotatable bonds is 6. The second-order valence-electron chi connectivity index (χ2n) is 4.37. The van der Waals surface area contributed by atoms with Gasteiger partial charge < -0.3 is 15.1 Å². The summed E-state index contributed by atoms with van der Waals surface area (Å²) in [5.41, 5.74) is 3.47. The predicted octanol–water partition coefficient (Wildman–Crippen LogP) is 2.79. The summed E-state index contributed by atoms with van der Waals surface area (Å²) in [4.78, 5) is 0. The van der Waals surface area contributed by atoms with E-state index in [-0.39, 0.29) is 0 Å². The topological polar surface area (TPSA) is 63.0 Å². The van der Waals surface area contributed by atoms with Crippen molar-refractivity contribution in [2.24, 2.45) is 0 Å². The fourth-order valence-electron chi connectivity index (χ4n) is 1.92. The van der Waals surface area contributed by atoms with Crippen molar-refractivity contribution in [3.63, 3.8) is 0 Å². The molecule has 5 nitrogen and oxygen atoms in total. The summed E-state index contributed by atoms with van der Waals surface area (Å²) in [7, 11) is 0. The molecule has 1 aromatic heterocycles. The largest absolute Gasteiger partial charge is 0.406 e. The van der Waals surface area contributed by atoms with Crippen LogP contribution in [0.1, 0.15) is 30.9 Å². The minimum absolute atomic E-state index is 0.442. The fraction of sp³-hybridized carbons (Fsp3) is 0.429. The average Bonchev–Trinajstić information content (AvgIpc) is 2.86. The Hall–Kier alpha value is -1.88. The third kappa shape index (κ3) is 3.32. The molecule has 0 spiro atoms. The van der Waals surface area contributed by atoms with E-state index < -0.39 is 0 Å². The Kier molecular flexibility index (Phi) is 4.52. The molecule has 0 radical (unpaired) electrons. The van der Waals surface area contributed by atoms with Crippen LogP contribution in [-0.2, 0) is 13.0 Å². The Balaban J connectivity index is 2.14. The van der Waals surface area contributed by atoms with Gasteiger partial charge in [0.25, 0.3) is 0 Å². The number of para-hydroxylation sites is 1. The summed E-state index contributed by atoms with van der Waals surface area (Å²) >= 11 is 0. The molecule has 19 heavy (non-hydrogen) atoms. The van der Waals surface area contributed by atoms with Crippen LogP contribution in [0.25, 0.3) is 0 Å². The summed E-state index contributed by atoms with van der Waals surface area (Å²) in [5, 5.41) is 14.4. The quantitative estimate of drug-likeness (QED) is 0.836. The van der Waals surface area contributed by atoms with Gasteiger partial charge in [-0.15, -0.1) is 5.10 Å². The van der Waals surface area contributed by atoms with Gasteiger partial charge in [-0.25, -0.2) is 0 Å². The molecular weight excluding hydrogens is 240 g/mol. The lowest BCUT2D eigenvalue weighted by atomic mass is 10.1. The first-order valence-corrected chi connectivity index (χ1v) is 6.63. The highest BCUT2D eigenvalue weighted by molar-refractivity contribution is 5.62. The molecule has 5 heteroatoms. The summed E-state index contributed by atoms with van der Waals surface area (Å²) in [5.74, 6) is 0.594. The summed E-state index contributed by atoms with van der Waals surface area (Å²) in [6.45, 7) is 7.71. The Bertz CT molecular complexity index is 536. The number of anilines is 2. The maximum atomic E-state index is 5.55. The Morgan fingerprint density at radius 2 is 2.05 bits per heavy atom. The SMILES string of the molecule is CCNCc1nnc(Nc2c(C)cccc2CC)o1. The molecule has 0 fully saturated rings. The lowest BCUT2D eigenvalue weighted by Gasteiger charge is -2.10. The molecular formula is C14H20N4O. The fourth-order valence-corrected chi connectivity index (χ4v) is 1.92. The van der Waals surface area contributed by atoms with Gasteiger partial charge in [0.15, 0.2) is 0 Å². The predicted molar refractivity (Wildman–Crippen MR) is 75.5 cm³/mol. The van der Waals surface area contributed by atoms with E-state index in [2.05, 4.69) is 52.9 Å². The van der Waals surface area contributed by atoms with Crippen molar-refractivity contribution in [2.45, 2.75) is 33.7 Å². The van der Waals surface area contributed by atoms with Gasteiger partial charge in [0, 0.05) is 5.69 Å². The highest BCUT2D eigenvalue weighted by atomic mass is 16.4. The zero-order valence-corrected chi connectivity index (χ0v) is 11.7. The number of hydrogen-bond donors (Lipinski definition) is 2. The van der Waals surface area contributed by atoms with Crippen molar-refractivity contribution in [3.05, 3.63) is 35.2 Å². The molecule has 2 N–H and O–H groups in total. The van der Waals surface area contributed by atoms with Crippen LogP contribution < -0.4 is 10.6 Å². The van der Waals surface area contributed by atoms with Crippen LogP contribution in [0.5, 0.6) is 0 Å². The van der Waals surface area contributed by atoms with Gasteiger partial charge in [-0.2, -0.15) is 0 Å². The van der Waals surface area contributed by atoms with Crippen LogP contribution in [0.3, 0.4) is 0 Å². The summed E-state index contributed by atoms with van der Waals surface area (Å²) < 4.78 is 5.55. The zero-order valence-electron chi connectivity index (χ0n) is 11.7. The molecule has 0 bridgehead atoms. The molecule has 1 heterocycles. The summed E-state index contributed by atoms with van der Waals surface area (Å²) in [6, 6.07) is 6.67. The molecule has 0 aliphatic heterocycles. The normalized spacial score (nSPS) is 10.7. The first kappa shape index (κ1) is 13.5. The lowest BCUT2D eigenvalue weighted by Crippen LogP contribution is -2.11. The van der Waals surface area contributed by atoms with Crippen molar-refractivity contribution in [1.29, 1.82) is 0 Å². The van der Waals surface area contributed by atoms with E-state index in [0.29, 0.717) is 18.5 Å². The maximum absolute atomic E-state index is 5.55. The van der Waals surface area contributed by atoms with Crippen molar-refractivity contribution in [1.82, 2.24) is 15.5 Å². The number of hydrogen-bond acceptors (Lipinski definition) is 5. The third-order valence-corrected chi connectivity index (χ3v) is 2.96. The molecule has 0 aliphatic rings. The van der Waals surface area contributed by atoms with Gasteiger partial charge in [-0.3, -0.25) is 0 Å². The van der Waals surface area contributed by atoms with Crippen molar-refractivity contribution < 1.29 is 4.42 Å². The highest BCUT2D eigenvalue weighted by Crippen LogP contribution is 2.24. The average molecular weight is 260 g/mol. The molecule has 2 aromatic rings. The van der Waals surface area contributed by atoms with Crippen LogP contribution in [0.4, 0.5) is 11.7 Å². The molecule has 102 valence electrons. The van der Waals surface area contributed by atoms with Gasteiger partial charge in [0.05, 0.1) is 6.54 Å². The standard InChI is InChI=1S/C14H20N4O/c1-4-11-8-6-7-10(3)13(11)16-14-18-17-12(19-14)9-15-5-2/h6-8,15H,4-5,9H2,1-3H3,(H,16,18). The van der Waals surface area contributed by atoms with Crippen LogP contribution in [0.2, 0.25) is 0 Å². The second kappa shape index (κ2) is 6.33. The van der Waals surface area contributed by atoms with Crippen molar-refractivity contribution in [3.8, 4) is 0 Å². The van der Waals surface area contributed by atoms with E-state index in [9.17, 15) is 0 Å². The van der Waals surface area contributed by atoms with E-state index in [1.807, 2.05) is 6.92 Å². The van der Waals surface area contributed by atoms with Crippen LogP contribution in [0.15, 0.2) is 22.6 Å². The van der Waals surface area contributed by atoms with Crippen LogP contribution in [0, 0.1) is 6.92 Å². The van der Waals surface area contributed by atoms with Crippen molar-refractivity contribution >= 4 is 11.7 Å². The number of benzene rings is 1. The number of nitrogens with one attached hydrogen (secondary N) is 2. The maximum Gasteiger partial charge on any atom is 0.320 e. The molecule has 0 unspecified atom stereocenters. The lowest BCUT2D eigenvalue weighted by molar-refractivity contribution is 0.484. The first-order valence-electron chi connectivity index (χ1n) is 6.63. The van der Waals surface area contributed by atoms with Gasteiger partial charge in [-0.1, -0.05) is 37.1 Å². The van der Waals surface area contributed by atoms with E-state index >= 15 is 0 Å². The Labute approximate surface area is 113 Å². The zero-order chi connectivity index (χ0) is 13.7. The van der Waals surface area contributed by atoms with Gasteiger partial charge >= 0.3 is 6.01 Å². The molecule has 1 aromatic carbocycles. The van der Waals surface area contributed by atoms with E-state index in [1.54, 1.807) is 0 Å². The van der Waals surface area contributed by atoms with E-state index in [4.69, 9.17) is 4.42 Å². The second-order valence-corrected chi connectivity index (χ2v) is 4.37. The number of aromatic nitrogens is 2. The molecule has 0 atom stereocenters. The molecule has 2 rings (SSSR count). The molecule has 0 aliphatic carbocycles. The molecule has 0 saturated heterocycles. The molecule has 0 saturated carbocycles. The first-order chi connectivity index (χ1) is 9.24. The summed E-state index contributed by atoms with van der Waals surface area (Å²) in [6.07, 6.45) is 0.961. The Morgan fingerprint density at radius 3 is 2.79 bits per heavy atom. The third-order valence-electron chi connectivity index (χ3n) is 2.96. The monoisotopic (exact) mass is 260 g/mol. The highest BCUT2D eigenvalue weighted by Gasteiger charge is 2.09. The van der Waals surface area contributed by atoms with E-state index in [1.165, 1.54) is 11.1 Å². The minimum Gasteiger partial charge on any atom is -0.406 e. The van der Waals surface area contributed by atoms with Gasteiger partial charge in [0.2, 0.25) is 5.89 Å². The van der Waals surface area contributed by atoms with E-state index in [0.717, 1.165) is 18.7 Å². The van der Waals surface area contributed by atoms with Crippen LogP contribution >= 0.6 is 0 Å². The Morgan fingerprint density at radius 1 is 1.21 bits per heavy atom. The minimum atomic E-state index is 0.442. The number of nitrogens with zero attached hydrogens (tertiary/aromatic N) is 2. The van der Waals surface area contributed by atoms with Gasteiger partial charge in [-0.05, 0) is 31.0 Å². The number of aryl methyl sites for hydroxylation is 2. The molecule has 0 amide bonds. The van der Waals surface area contributed by atoms with Crippen LogP contribution in [-0.4, -0.2) is 16.7 Å². The smallest absolute Gasteiger partial charge is 0.320 e. The van der Waals surface area contributed by atoms with Gasteiger partial charge in [0.1, 0.15) is 0 Å².